The molecule has 0 aliphatic heterocycles. The summed E-state index contributed by atoms with van der Waals surface area (Å²) in [6, 6.07) is 5.26. The minimum absolute atomic E-state index is 0.247. The lowest BCUT2D eigenvalue weighted by atomic mass is 10.2. The van der Waals surface area contributed by atoms with Crippen LogP contribution in [-0.2, 0) is 4.74 Å². The van der Waals surface area contributed by atoms with Crippen molar-refractivity contribution in [1.29, 1.82) is 0 Å². The molecule has 0 atom stereocenters. The lowest BCUT2D eigenvalue weighted by Gasteiger charge is -2.10. The molecule has 0 fully saturated rings. The van der Waals surface area contributed by atoms with Crippen LogP contribution in [0.1, 0.15) is 10.4 Å². The van der Waals surface area contributed by atoms with Gasteiger partial charge in [0.1, 0.15) is 17.7 Å². The van der Waals surface area contributed by atoms with Crippen molar-refractivity contribution >= 4 is 45.0 Å². The van der Waals surface area contributed by atoms with Gasteiger partial charge in [-0.2, -0.15) is 0 Å². The van der Waals surface area contributed by atoms with E-state index in [2.05, 4.69) is 36.0 Å². The number of hydrogen-bond acceptors (Lipinski definition) is 5. The quantitative estimate of drug-likeness (QED) is 0.866. The number of rotatable bonds is 3. The number of hydrogen-bond donors (Lipinski definition) is 1. The highest BCUT2D eigenvalue weighted by Gasteiger charge is 2.14. The number of carbonyl (C=O) groups is 1. The lowest BCUT2D eigenvalue weighted by molar-refractivity contribution is 0.0601. The molecular weight excluding hydrogens is 334 g/mol. The predicted octanol–water partition coefficient (Wildman–Crippen LogP) is 3.42. The number of anilines is 2. The Morgan fingerprint density at radius 3 is 3.00 bits per heavy atom. The Balaban J connectivity index is 2.38. The minimum Gasteiger partial charge on any atom is -0.465 e. The molecule has 1 aromatic carbocycles. The van der Waals surface area contributed by atoms with E-state index < -0.39 is 5.97 Å². The summed E-state index contributed by atoms with van der Waals surface area (Å²) in [7, 11) is 1.30. The largest absolute Gasteiger partial charge is 0.465 e. The van der Waals surface area contributed by atoms with E-state index in [-0.39, 0.29) is 5.56 Å². The van der Waals surface area contributed by atoms with E-state index in [0.29, 0.717) is 16.5 Å². The standard InChI is InChI=1S/C12H9BrClN3O2/c1-19-12(18)8-5-15-6-16-11(8)17-10-4-7(14)2-3-9(10)13/h2-6H,1H3,(H,15,16,17). The van der Waals surface area contributed by atoms with Crippen LogP contribution in [0.5, 0.6) is 0 Å². The summed E-state index contributed by atoms with van der Waals surface area (Å²) in [6.07, 6.45) is 2.73. The van der Waals surface area contributed by atoms with E-state index in [4.69, 9.17) is 11.6 Å². The van der Waals surface area contributed by atoms with Crippen LogP contribution in [0.15, 0.2) is 35.2 Å². The van der Waals surface area contributed by atoms with Crippen molar-refractivity contribution in [3.8, 4) is 0 Å². The highest BCUT2D eigenvalue weighted by Crippen LogP contribution is 2.29. The van der Waals surface area contributed by atoms with Crippen LogP contribution in [0, 0.1) is 0 Å². The molecule has 5 nitrogen and oxygen atoms in total. The molecule has 0 aliphatic rings. The van der Waals surface area contributed by atoms with E-state index in [0.717, 1.165) is 4.47 Å². The number of nitrogens with zero attached hydrogens (tertiary/aromatic N) is 2. The van der Waals surface area contributed by atoms with Crippen LogP contribution in [0.2, 0.25) is 5.02 Å². The Hall–Kier alpha value is -1.66. The third-order valence-electron chi connectivity index (χ3n) is 2.30. The molecule has 2 rings (SSSR count). The average molecular weight is 343 g/mol. The molecule has 0 bridgehead atoms. The van der Waals surface area contributed by atoms with E-state index in [9.17, 15) is 4.79 Å². The molecule has 0 amide bonds. The first-order valence-corrected chi connectivity index (χ1v) is 6.39. The van der Waals surface area contributed by atoms with Gasteiger partial charge in [-0.1, -0.05) is 11.6 Å². The Kier molecular flexibility index (Phi) is 4.34. The van der Waals surface area contributed by atoms with Gasteiger partial charge in [0.15, 0.2) is 0 Å². The van der Waals surface area contributed by atoms with E-state index in [1.807, 2.05) is 0 Å². The Bertz CT molecular complexity index is 622. The molecule has 0 saturated carbocycles. The van der Waals surface area contributed by atoms with Gasteiger partial charge in [0.25, 0.3) is 0 Å². The zero-order chi connectivity index (χ0) is 13.8. The molecule has 7 heteroatoms. The van der Waals surface area contributed by atoms with Gasteiger partial charge in [0, 0.05) is 15.7 Å². The summed E-state index contributed by atoms with van der Waals surface area (Å²) in [5.74, 6) is -0.161. The molecule has 1 heterocycles. The Morgan fingerprint density at radius 1 is 1.47 bits per heavy atom. The second-order valence-corrected chi connectivity index (χ2v) is 4.82. The summed E-state index contributed by atoms with van der Waals surface area (Å²) < 4.78 is 5.47. The monoisotopic (exact) mass is 341 g/mol. The second-order valence-electron chi connectivity index (χ2n) is 3.53. The van der Waals surface area contributed by atoms with Crippen LogP contribution in [0.3, 0.4) is 0 Å². The van der Waals surface area contributed by atoms with Gasteiger partial charge in [-0.25, -0.2) is 14.8 Å². The van der Waals surface area contributed by atoms with Crippen LogP contribution in [0.4, 0.5) is 11.5 Å². The Labute approximate surface area is 123 Å². The number of halogens is 2. The van der Waals surface area contributed by atoms with E-state index in [1.165, 1.54) is 19.6 Å². The van der Waals surface area contributed by atoms with E-state index >= 15 is 0 Å². The van der Waals surface area contributed by atoms with Crippen LogP contribution in [-0.4, -0.2) is 23.0 Å². The van der Waals surface area contributed by atoms with Crippen molar-refractivity contribution < 1.29 is 9.53 Å². The van der Waals surface area contributed by atoms with Crippen molar-refractivity contribution in [2.24, 2.45) is 0 Å². The number of benzene rings is 1. The second kappa shape index (κ2) is 5.99. The van der Waals surface area contributed by atoms with Crippen molar-refractivity contribution in [2.75, 3.05) is 12.4 Å². The zero-order valence-electron chi connectivity index (χ0n) is 9.85. The van der Waals surface area contributed by atoms with Crippen molar-refractivity contribution in [1.82, 2.24) is 9.97 Å². The molecule has 0 spiro atoms. The van der Waals surface area contributed by atoms with Crippen LogP contribution >= 0.6 is 27.5 Å². The normalized spacial score (nSPS) is 10.1. The molecule has 0 aliphatic carbocycles. The summed E-state index contributed by atoms with van der Waals surface area (Å²) in [5.41, 5.74) is 0.938. The number of esters is 1. The first kappa shape index (κ1) is 13.8. The maximum atomic E-state index is 11.6. The number of methoxy groups -OCH3 is 1. The first-order chi connectivity index (χ1) is 9.11. The third-order valence-corrected chi connectivity index (χ3v) is 3.23. The maximum absolute atomic E-state index is 11.6. The van der Waals surface area contributed by atoms with Crippen molar-refractivity contribution in [3.63, 3.8) is 0 Å². The molecule has 0 unspecified atom stereocenters. The van der Waals surface area contributed by atoms with Gasteiger partial charge in [-0.15, -0.1) is 0 Å². The van der Waals surface area contributed by atoms with Crippen LogP contribution < -0.4 is 5.32 Å². The summed E-state index contributed by atoms with van der Waals surface area (Å²) >= 11 is 9.31. The molecule has 1 N–H and O–H groups in total. The molecule has 0 saturated heterocycles. The van der Waals surface area contributed by atoms with Gasteiger partial charge in [0.2, 0.25) is 0 Å². The topological polar surface area (TPSA) is 64.1 Å². The fourth-order valence-corrected chi connectivity index (χ4v) is 1.93. The zero-order valence-corrected chi connectivity index (χ0v) is 12.2. The highest BCUT2D eigenvalue weighted by atomic mass is 79.9. The number of carbonyl (C=O) groups excluding carboxylic acids is 1. The SMILES string of the molecule is COC(=O)c1cncnc1Nc1cc(Cl)ccc1Br. The van der Waals surface area contributed by atoms with Gasteiger partial charge in [0.05, 0.1) is 12.8 Å². The third kappa shape index (κ3) is 3.21. The molecule has 19 heavy (non-hydrogen) atoms. The molecular formula is C12H9BrClN3O2. The molecule has 98 valence electrons. The predicted molar refractivity (Wildman–Crippen MR) is 75.8 cm³/mol. The first-order valence-electron chi connectivity index (χ1n) is 5.22. The van der Waals surface area contributed by atoms with Crippen molar-refractivity contribution in [2.45, 2.75) is 0 Å². The number of aromatic nitrogens is 2. The van der Waals surface area contributed by atoms with E-state index in [1.54, 1.807) is 18.2 Å². The summed E-state index contributed by atoms with van der Waals surface area (Å²) in [6.45, 7) is 0. The summed E-state index contributed by atoms with van der Waals surface area (Å²) in [5, 5.41) is 3.58. The van der Waals surface area contributed by atoms with Gasteiger partial charge in [-0.3, -0.25) is 0 Å². The minimum atomic E-state index is -0.513. The van der Waals surface area contributed by atoms with Crippen molar-refractivity contribution in [3.05, 3.63) is 45.8 Å². The molecule has 1 aromatic heterocycles. The summed E-state index contributed by atoms with van der Waals surface area (Å²) in [4.78, 5) is 19.4. The van der Waals surface area contributed by atoms with Gasteiger partial charge >= 0.3 is 5.97 Å². The van der Waals surface area contributed by atoms with Gasteiger partial charge in [-0.05, 0) is 34.1 Å². The number of ether oxygens (including phenoxy) is 1. The average Bonchev–Trinajstić information content (AvgIpc) is 2.42. The molecule has 2 aromatic rings. The van der Waals surface area contributed by atoms with Gasteiger partial charge < -0.3 is 10.1 Å². The number of nitrogens with one attached hydrogen (secondary N) is 1. The lowest BCUT2D eigenvalue weighted by Crippen LogP contribution is -2.08. The van der Waals surface area contributed by atoms with Crippen LogP contribution in [0.25, 0.3) is 0 Å². The Morgan fingerprint density at radius 2 is 2.26 bits per heavy atom. The molecule has 0 radical (unpaired) electrons. The highest BCUT2D eigenvalue weighted by molar-refractivity contribution is 9.10. The fourth-order valence-electron chi connectivity index (χ4n) is 1.41. The fraction of sp³-hybridized carbons (Fsp3) is 0.0833. The smallest absolute Gasteiger partial charge is 0.343 e. The maximum Gasteiger partial charge on any atom is 0.343 e.